The fourth-order valence-corrected chi connectivity index (χ4v) is 2.06. The molecular formula is C17H23ClN2O3. The summed E-state index contributed by atoms with van der Waals surface area (Å²) in [5.74, 6) is 0.768. The van der Waals surface area contributed by atoms with Crippen molar-refractivity contribution in [3.8, 4) is 5.75 Å². The van der Waals surface area contributed by atoms with Gasteiger partial charge >= 0.3 is 0 Å². The number of fused-ring (bicyclic) bond motifs is 1. The summed E-state index contributed by atoms with van der Waals surface area (Å²) >= 11 is 0. The molecule has 126 valence electrons. The number of benzene rings is 2. The van der Waals surface area contributed by atoms with E-state index in [0.29, 0.717) is 32.8 Å². The minimum atomic E-state index is -0.0433. The van der Waals surface area contributed by atoms with E-state index in [1.54, 1.807) is 7.11 Å². The molecule has 2 aromatic carbocycles. The maximum absolute atomic E-state index is 11.5. The highest BCUT2D eigenvalue weighted by molar-refractivity contribution is 5.85. The molecule has 0 aliphatic carbocycles. The van der Waals surface area contributed by atoms with Crippen LogP contribution in [-0.2, 0) is 9.53 Å². The third-order valence-electron chi connectivity index (χ3n) is 3.18. The Morgan fingerprint density at radius 3 is 2.61 bits per heavy atom. The first-order valence-corrected chi connectivity index (χ1v) is 7.37. The van der Waals surface area contributed by atoms with Gasteiger partial charge in [-0.15, -0.1) is 12.4 Å². The largest absolute Gasteiger partial charge is 0.492 e. The van der Waals surface area contributed by atoms with E-state index in [4.69, 9.17) is 9.47 Å². The van der Waals surface area contributed by atoms with Crippen LogP contribution < -0.4 is 15.4 Å². The number of amides is 1. The normalized spacial score (nSPS) is 10.1. The second-order valence-corrected chi connectivity index (χ2v) is 4.88. The quantitative estimate of drug-likeness (QED) is 0.687. The van der Waals surface area contributed by atoms with Crippen LogP contribution in [0, 0.1) is 0 Å². The van der Waals surface area contributed by atoms with E-state index in [0.717, 1.165) is 11.1 Å². The van der Waals surface area contributed by atoms with Crippen LogP contribution in [-0.4, -0.2) is 45.9 Å². The Morgan fingerprint density at radius 1 is 1.04 bits per heavy atom. The molecule has 5 nitrogen and oxygen atoms in total. The zero-order valence-corrected chi connectivity index (χ0v) is 14.0. The van der Waals surface area contributed by atoms with Crippen molar-refractivity contribution in [1.29, 1.82) is 0 Å². The van der Waals surface area contributed by atoms with E-state index in [9.17, 15) is 4.79 Å². The van der Waals surface area contributed by atoms with Gasteiger partial charge in [0.05, 0.1) is 19.7 Å². The van der Waals surface area contributed by atoms with Gasteiger partial charge in [-0.2, -0.15) is 0 Å². The number of halogens is 1. The highest BCUT2D eigenvalue weighted by atomic mass is 35.5. The molecule has 2 aromatic rings. The summed E-state index contributed by atoms with van der Waals surface area (Å²) in [5.41, 5.74) is 0. The molecule has 0 saturated carbocycles. The predicted molar refractivity (Wildman–Crippen MR) is 94.4 cm³/mol. The first kappa shape index (κ1) is 19.2. The van der Waals surface area contributed by atoms with Crippen LogP contribution in [0.2, 0.25) is 0 Å². The Hall–Kier alpha value is -1.82. The van der Waals surface area contributed by atoms with Crippen molar-refractivity contribution in [2.45, 2.75) is 0 Å². The van der Waals surface area contributed by atoms with E-state index in [-0.39, 0.29) is 18.3 Å². The number of hydrogen-bond acceptors (Lipinski definition) is 4. The monoisotopic (exact) mass is 338 g/mol. The standard InChI is InChI=1S/C17H22N2O3.ClH/c1-21-10-8-18-13-17(20)19-9-11-22-16-7-6-14-4-2-3-5-15(14)12-16;/h2-7,12,18H,8-11,13H2,1H3,(H,19,20);1H. The third kappa shape index (κ3) is 6.86. The Labute approximate surface area is 142 Å². The predicted octanol–water partition coefficient (Wildman–Crippen LogP) is 1.99. The number of hydrogen-bond donors (Lipinski definition) is 2. The molecule has 0 bridgehead atoms. The molecule has 2 N–H and O–H groups in total. The Kier molecular flexibility index (Phi) is 9.05. The lowest BCUT2D eigenvalue weighted by atomic mass is 10.1. The van der Waals surface area contributed by atoms with Crippen LogP contribution in [0.25, 0.3) is 10.8 Å². The molecule has 0 unspecified atom stereocenters. The second-order valence-electron chi connectivity index (χ2n) is 4.88. The number of carbonyl (C=O) groups is 1. The third-order valence-corrected chi connectivity index (χ3v) is 3.18. The molecule has 0 heterocycles. The number of rotatable bonds is 9. The topological polar surface area (TPSA) is 59.6 Å². The lowest BCUT2D eigenvalue weighted by Gasteiger charge is -2.09. The fraction of sp³-hybridized carbons (Fsp3) is 0.353. The first-order chi connectivity index (χ1) is 10.8. The summed E-state index contributed by atoms with van der Waals surface area (Å²) in [6.07, 6.45) is 0. The molecule has 23 heavy (non-hydrogen) atoms. The number of methoxy groups -OCH3 is 1. The molecule has 1 amide bonds. The van der Waals surface area contributed by atoms with E-state index in [1.807, 2.05) is 30.3 Å². The van der Waals surface area contributed by atoms with Crippen LogP contribution in [0.1, 0.15) is 0 Å². The summed E-state index contributed by atoms with van der Waals surface area (Å²) in [5, 5.41) is 8.12. The van der Waals surface area contributed by atoms with Gasteiger partial charge in [-0.1, -0.05) is 30.3 Å². The zero-order valence-electron chi connectivity index (χ0n) is 13.2. The van der Waals surface area contributed by atoms with Crippen molar-refractivity contribution >= 4 is 29.1 Å². The summed E-state index contributed by atoms with van der Waals surface area (Å²) < 4.78 is 10.5. The maximum Gasteiger partial charge on any atom is 0.234 e. The molecule has 0 saturated heterocycles. The molecule has 0 radical (unpaired) electrons. The smallest absolute Gasteiger partial charge is 0.234 e. The van der Waals surface area contributed by atoms with Crippen LogP contribution >= 0.6 is 12.4 Å². The fourth-order valence-electron chi connectivity index (χ4n) is 2.06. The highest BCUT2D eigenvalue weighted by Crippen LogP contribution is 2.20. The van der Waals surface area contributed by atoms with E-state index >= 15 is 0 Å². The van der Waals surface area contributed by atoms with Gasteiger partial charge in [-0.3, -0.25) is 4.79 Å². The lowest BCUT2D eigenvalue weighted by molar-refractivity contribution is -0.120. The zero-order chi connectivity index (χ0) is 15.6. The second kappa shape index (κ2) is 10.8. The first-order valence-electron chi connectivity index (χ1n) is 7.37. The lowest BCUT2D eigenvalue weighted by Crippen LogP contribution is -2.37. The minimum Gasteiger partial charge on any atom is -0.492 e. The van der Waals surface area contributed by atoms with Gasteiger partial charge in [0.25, 0.3) is 0 Å². The average molecular weight is 339 g/mol. The highest BCUT2D eigenvalue weighted by Gasteiger charge is 2.00. The summed E-state index contributed by atoms with van der Waals surface area (Å²) in [6, 6.07) is 14.1. The molecule has 0 aliphatic heterocycles. The van der Waals surface area contributed by atoms with Gasteiger partial charge in [0.2, 0.25) is 5.91 Å². The van der Waals surface area contributed by atoms with Gasteiger partial charge < -0.3 is 20.1 Å². The molecule has 0 atom stereocenters. The Balaban J connectivity index is 0.00000264. The van der Waals surface area contributed by atoms with Crippen molar-refractivity contribution in [2.24, 2.45) is 0 Å². The molecule has 0 aliphatic rings. The van der Waals surface area contributed by atoms with Crippen LogP contribution in [0.3, 0.4) is 0 Å². The summed E-state index contributed by atoms with van der Waals surface area (Å²) in [4.78, 5) is 11.5. The van der Waals surface area contributed by atoms with Crippen LogP contribution in [0.5, 0.6) is 5.75 Å². The number of ether oxygens (including phenoxy) is 2. The van der Waals surface area contributed by atoms with Crippen LogP contribution in [0.4, 0.5) is 0 Å². The summed E-state index contributed by atoms with van der Waals surface area (Å²) in [7, 11) is 1.63. The molecular weight excluding hydrogens is 316 g/mol. The van der Waals surface area contributed by atoms with Crippen molar-refractivity contribution in [3.05, 3.63) is 42.5 Å². The van der Waals surface area contributed by atoms with Crippen LogP contribution in [0.15, 0.2) is 42.5 Å². The van der Waals surface area contributed by atoms with Gasteiger partial charge in [0.15, 0.2) is 0 Å². The average Bonchev–Trinajstić information content (AvgIpc) is 2.55. The molecule has 6 heteroatoms. The number of nitrogens with one attached hydrogen (secondary N) is 2. The minimum absolute atomic E-state index is 0. The van der Waals surface area contributed by atoms with Gasteiger partial charge in [-0.05, 0) is 22.9 Å². The van der Waals surface area contributed by atoms with Crippen molar-refractivity contribution < 1.29 is 14.3 Å². The van der Waals surface area contributed by atoms with Crippen molar-refractivity contribution in [2.75, 3.05) is 40.0 Å². The molecule has 0 spiro atoms. The van der Waals surface area contributed by atoms with Crippen molar-refractivity contribution in [3.63, 3.8) is 0 Å². The maximum atomic E-state index is 11.5. The molecule has 0 fully saturated rings. The van der Waals surface area contributed by atoms with E-state index in [2.05, 4.69) is 22.8 Å². The van der Waals surface area contributed by atoms with Gasteiger partial charge in [-0.25, -0.2) is 0 Å². The summed E-state index contributed by atoms with van der Waals surface area (Å²) in [6.45, 7) is 2.48. The van der Waals surface area contributed by atoms with E-state index in [1.165, 1.54) is 5.39 Å². The SMILES string of the molecule is COCCNCC(=O)NCCOc1ccc2ccccc2c1.Cl. The number of carbonyl (C=O) groups excluding carboxylic acids is 1. The molecule has 0 aromatic heterocycles. The Morgan fingerprint density at radius 2 is 1.83 bits per heavy atom. The van der Waals surface area contributed by atoms with Gasteiger partial charge in [0, 0.05) is 13.7 Å². The Bertz CT molecular complexity index is 607. The van der Waals surface area contributed by atoms with E-state index < -0.39 is 0 Å². The van der Waals surface area contributed by atoms with Crippen molar-refractivity contribution in [1.82, 2.24) is 10.6 Å². The molecule has 2 rings (SSSR count). The van der Waals surface area contributed by atoms with Gasteiger partial charge in [0.1, 0.15) is 12.4 Å².